The van der Waals surface area contributed by atoms with Gasteiger partial charge in [0.1, 0.15) is 0 Å². The molecule has 0 aliphatic rings. The highest BCUT2D eigenvalue weighted by Crippen LogP contribution is 2.27. The molecule has 0 aliphatic carbocycles. The average Bonchev–Trinajstić information content (AvgIpc) is 2.29. The van der Waals surface area contributed by atoms with E-state index < -0.39 is 33.2 Å². The summed E-state index contributed by atoms with van der Waals surface area (Å²) < 4.78 is 34.2. The summed E-state index contributed by atoms with van der Waals surface area (Å²) in [5.41, 5.74) is 0. The first-order chi connectivity index (χ1) is 8.71. The molecule has 0 aromatic heterocycles. The van der Waals surface area contributed by atoms with Crippen LogP contribution in [0.25, 0.3) is 0 Å². The van der Waals surface area contributed by atoms with E-state index in [1.807, 2.05) is 6.92 Å². The van der Waals surface area contributed by atoms with Gasteiger partial charge >= 0.3 is 11.9 Å². The summed E-state index contributed by atoms with van der Waals surface area (Å²) in [6.07, 6.45) is 0.862. The van der Waals surface area contributed by atoms with Crippen LogP contribution in [-0.4, -0.2) is 41.4 Å². The third kappa shape index (κ3) is 4.79. The van der Waals surface area contributed by atoms with Crippen LogP contribution in [0, 0.1) is 0 Å². The van der Waals surface area contributed by atoms with E-state index in [0.717, 1.165) is 12.8 Å². The molecule has 0 aromatic carbocycles. The fourth-order valence-corrected chi connectivity index (χ4v) is 2.55. The zero-order valence-corrected chi connectivity index (χ0v) is 11.9. The molecule has 0 aliphatic heterocycles. The minimum Gasteiger partial charge on any atom is -0.481 e. The summed E-state index contributed by atoms with van der Waals surface area (Å²) >= 11 is 0. The number of ether oxygens (including phenoxy) is 1. The Morgan fingerprint density at radius 3 is 2.16 bits per heavy atom. The smallest absolute Gasteiger partial charge is 0.330 e. The van der Waals surface area contributed by atoms with Gasteiger partial charge in [0.05, 0.1) is 13.0 Å². The summed E-state index contributed by atoms with van der Waals surface area (Å²) in [5, 5.41) is 8.72. The van der Waals surface area contributed by atoms with Crippen molar-refractivity contribution in [3.05, 3.63) is 0 Å². The van der Waals surface area contributed by atoms with E-state index in [4.69, 9.17) is 14.4 Å². The van der Waals surface area contributed by atoms with Crippen molar-refractivity contribution in [2.24, 2.45) is 0 Å². The van der Waals surface area contributed by atoms with E-state index in [0.29, 0.717) is 6.42 Å². The molecule has 2 N–H and O–H groups in total. The highest BCUT2D eigenvalue weighted by atomic mass is 32.2. The standard InChI is InChI=1S/C11H20O7S/c1-3-5-6-7-18-10(14)11(4-2,8-9(12)13)19(15,16)17/h3-8H2,1-2H3,(H,12,13)(H,15,16,17). The minimum atomic E-state index is -4.87. The van der Waals surface area contributed by atoms with Crippen LogP contribution in [-0.2, 0) is 24.4 Å². The first kappa shape index (κ1) is 17.8. The Bertz CT molecular complexity index is 415. The lowest BCUT2D eigenvalue weighted by Crippen LogP contribution is -2.48. The molecule has 1 atom stereocenters. The molecule has 0 spiro atoms. The molecule has 0 heterocycles. The number of hydrogen-bond donors (Lipinski definition) is 2. The molecule has 0 saturated carbocycles. The lowest BCUT2D eigenvalue weighted by atomic mass is 10.0. The molecule has 0 rings (SSSR count). The molecule has 0 aromatic rings. The number of carbonyl (C=O) groups is 2. The summed E-state index contributed by atoms with van der Waals surface area (Å²) in [5.74, 6) is -2.71. The second kappa shape index (κ2) is 7.44. The van der Waals surface area contributed by atoms with Crippen molar-refractivity contribution in [3.63, 3.8) is 0 Å². The molecule has 19 heavy (non-hydrogen) atoms. The van der Waals surface area contributed by atoms with Gasteiger partial charge in [0, 0.05) is 0 Å². The number of carboxylic acid groups (broad SMARTS) is 1. The maximum atomic E-state index is 11.8. The van der Waals surface area contributed by atoms with Gasteiger partial charge in [-0.2, -0.15) is 8.42 Å². The van der Waals surface area contributed by atoms with Gasteiger partial charge in [-0.1, -0.05) is 26.7 Å². The third-order valence-corrected chi connectivity index (χ3v) is 4.44. The predicted molar refractivity (Wildman–Crippen MR) is 67.3 cm³/mol. The Balaban J connectivity index is 5.03. The van der Waals surface area contributed by atoms with Crippen molar-refractivity contribution in [1.29, 1.82) is 0 Å². The van der Waals surface area contributed by atoms with Crippen LogP contribution in [0.1, 0.15) is 46.0 Å². The number of carboxylic acids is 1. The number of rotatable bonds is 9. The van der Waals surface area contributed by atoms with Crippen molar-refractivity contribution in [2.45, 2.75) is 50.7 Å². The summed E-state index contributed by atoms with van der Waals surface area (Å²) in [7, 11) is -4.87. The van der Waals surface area contributed by atoms with Gasteiger partial charge in [-0.25, -0.2) is 0 Å². The van der Waals surface area contributed by atoms with Crippen LogP contribution in [0.2, 0.25) is 0 Å². The summed E-state index contributed by atoms with van der Waals surface area (Å²) in [4.78, 5) is 22.5. The zero-order chi connectivity index (χ0) is 15.1. The molecule has 7 nitrogen and oxygen atoms in total. The Labute approximate surface area is 112 Å². The third-order valence-electron chi connectivity index (χ3n) is 2.85. The second-order valence-electron chi connectivity index (χ2n) is 4.24. The molecule has 112 valence electrons. The number of unbranched alkanes of at least 4 members (excludes halogenated alkanes) is 2. The van der Waals surface area contributed by atoms with Crippen molar-refractivity contribution in [2.75, 3.05) is 6.61 Å². The second-order valence-corrected chi connectivity index (χ2v) is 5.97. The molecule has 0 amide bonds. The van der Waals surface area contributed by atoms with Crippen LogP contribution in [0.15, 0.2) is 0 Å². The van der Waals surface area contributed by atoms with E-state index in [1.54, 1.807) is 0 Å². The Hall–Kier alpha value is -1.15. The summed E-state index contributed by atoms with van der Waals surface area (Å²) in [6, 6.07) is 0. The van der Waals surface area contributed by atoms with Crippen molar-refractivity contribution >= 4 is 22.1 Å². The van der Waals surface area contributed by atoms with E-state index in [1.165, 1.54) is 6.92 Å². The lowest BCUT2D eigenvalue weighted by molar-refractivity contribution is -0.151. The highest BCUT2D eigenvalue weighted by molar-refractivity contribution is 7.88. The van der Waals surface area contributed by atoms with Gasteiger partial charge < -0.3 is 9.84 Å². The van der Waals surface area contributed by atoms with Crippen LogP contribution in [0.5, 0.6) is 0 Å². The van der Waals surface area contributed by atoms with Crippen LogP contribution < -0.4 is 0 Å². The predicted octanol–water partition coefficient (Wildman–Crippen LogP) is 1.23. The summed E-state index contributed by atoms with van der Waals surface area (Å²) in [6.45, 7) is 3.26. The van der Waals surface area contributed by atoms with Gasteiger partial charge in [-0.15, -0.1) is 0 Å². The van der Waals surface area contributed by atoms with E-state index in [9.17, 15) is 18.0 Å². The van der Waals surface area contributed by atoms with Gasteiger partial charge in [0.15, 0.2) is 0 Å². The lowest BCUT2D eigenvalue weighted by Gasteiger charge is -2.25. The molecular formula is C11H20O7S. The minimum absolute atomic E-state index is 0.00353. The fourth-order valence-electron chi connectivity index (χ4n) is 1.61. The largest absolute Gasteiger partial charge is 0.481 e. The fraction of sp³-hybridized carbons (Fsp3) is 0.818. The Morgan fingerprint density at radius 2 is 1.79 bits per heavy atom. The zero-order valence-electron chi connectivity index (χ0n) is 11.1. The van der Waals surface area contributed by atoms with Gasteiger partial charge in [0.2, 0.25) is 4.75 Å². The molecule has 8 heteroatoms. The van der Waals surface area contributed by atoms with Crippen LogP contribution >= 0.6 is 0 Å². The quantitative estimate of drug-likeness (QED) is 0.373. The van der Waals surface area contributed by atoms with Gasteiger partial charge in [0.25, 0.3) is 10.1 Å². The van der Waals surface area contributed by atoms with Crippen LogP contribution in [0.4, 0.5) is 0 Å². The normalized spacial score (nSPS) is 14.7. The number of esters is 1. The average molecular weight is 296 g/mol. The SMILES string of the molecule is CCCCCOC(=O)C(CC)(CC(=O)O)S(=O)(=O)O. The number of carbonyl (C=O) groups excluding carboxylic acids is 1. The monoisotopic (exact) mass is 296 g/mol. The molecule has 1 unspecified atom stereocenters. The van der Waals surface area contributed by atoms with E-state index >= 15 is 0 Å². The maximum Gasteiger partial charge on any atom is 0.330 e. The Kier molecular flexibility index (Phi) is 6.99. The van der Waals surface area contributed by atoms with E-state index in [2.05, 4.69) is 0 Å². The van der Waals surface area contributed by atoms with Gasteiger partial charge in [-0.05, 0) is 12.8 Å². The molecule has 0 bridgehead atoms. The van der Waals surface area contributed by atoms with Crippen molar-refractivity contribution in [1.82, 2.24) is 0 Å². The highest BCUT2D eigenvalue weighted by Gasteiger charge is 2.52. The first-order valence-corrected chi connectivity index (χ1v) is 7.51. The Morgan fingerprint density at radius 1 is 1.21 bits per heavy atom. The van der Waals surface area contributed by atoms with E-state index in [-0.39, 0.29) is 13.0 Å². The van der Waals surface area contributed by atoms with Crippen molar-refractivity contribution < 1.29 is 32.4 Å². The number of aliphatic carboxylic acids is 1. The van der Waals surface area contributed by atoms with Crippen LogP contribution in [0.3, 0.4) is 0 Å². The first-order valence-electron chi connectivity index (χ1n) is 6.07. The molecule has 0 saturated heterocycles. The molecular weight excluding hydrogens is 276 g/mol. The van der Waals surface area contributed by atoms with Gasteiger partial charge in [-0.3, -0.25) is 14.1 Å². The number of hydrogen-bond acceptors (Lipinski definition) is 5. The molecule has 0 fully saturated rings. The van der Waals surface area contributed by atoms with Crippen molar-refractivity contribution in [3.8, 4) is 0 Å². The topological polar surface area (TPSA) is 118 Å². The maximum absolute atomic E-state index is 11.8. The molecule has 0 radical (unpaired) electrons.